The molecule has 0 aliphatic carbocycles. The van der Waals surface area contributed by atoms with E-state index < -0.39 is 11.6 Å². The van der Waals surface area contributed by atoms with Crippen LogP contribution in [0.3, 0.4) is 0 Å². The molecular weight excluding hydrogens is 314 g/mol. The summed E-state index contributed by atoms with van der Waals surface area (Å²) >= 11 is 2.34. The van der Waals surface area contributed by atoms with Crippen molar-refractivity contribution in [3.63, 3.8) is 0 Å². The predicted octanol–water partition coefficient (Wildman–Crippen LogP) is 4.02. The highest BCUT2D eigenvalue weighted by molar-refractivity contribution is 7.99. The van der Waals surface area contributed by atoms with Crippen molar-refractivity contribution in [1.82, 2.24) is 0 Å². The molecule has 0 radical (unpaired) electrons. The fourth-order valence-corrected chi connectivity index (χ4v) is 3.19. The van der Waals surface area contributed by atoms with Gasteiger partial charge >= 0.3 is 0 Å². The Balaban J connectivity index is 1.85. The minimum absolute atomic E-state index is 0.142. The quantitative estimate of drug-likeness (QED) is 0.845. The van der Waals surface area contributed by atoms with Gasteiger partial charge in [-0.3, -0.25) is 4.79 Å². The Labute approximate surface area is 128 Å². The molecule has 1 aromatic heterocycles. The van der Waals surface area contributed by atoms with Crippen LogP contribution in [0, 0.1) is 23.0 Å². The molecule has 0 saturated carbocycles. The van der Waals surface area contributed by atoms with Gasteiger partial charge in [0.25, 0.3) is 0 Å². The SMILES string of the molecule is N#Cc1ccsc1NC(=O)CCSc1cc(F)ccc1F. The Hall–Kier alpha value is -1.91. The Bertz CT molecular complexity index is 695. The molecule has 0 atom stereocenters. The molecule has 108 valence electrons. The number of thioether (sulfide) groups is 1. The van der Waals surface area contributed by atoms with Crippen LogP contribution in [-0.2, 0) is 4.79 Å². The molecule has 0 aliphatic heterocycles. The van der Waals surface area contributed by atoms with Crippen LogP contribution in [0.5, 0.6) is 0 Å². The van der Waals surface area contributed by atoms with Crippen molar-refractivity contribution in [3.8, 4) is 6.07 Å². The first-order valence-corrected chi connectivity index (χ1v) is 7.82. The zero-order chi connectivity index (χ0) is 15.2. The van der Waals surface area contributed by atoms with Gasteiger partial charge in [-0.1, -0.05) is 0 Å². The predicted molar refractivity (Wildman–Crippen MR) is 79.4 cm³/mol. The van der Waals surface area contributed by atoms with Crippen LogP contribution in [0.15, 0.2) is 34.5 Å². The maximum Gasteiger partial charge on any atom is 0.225 e. The van der Waals surface area contributed by atoms with E-state index in [4.69, 9.17) is 5.26 Å². The number of thiophene rings is 1. The van der Waals surface area contributed by atoms with Crippen LogP contribution in [0.1, 0.15) is 12.0 Å². The zero-order valence-corrected chi connectivity index (χ0v) is 12.4. The number of benzene rings is 1. The summed E-state index contributed by atoms with van der Waals surface area (Å²) in [5, 5.41) is 13.7. The number of amides is 1. The summed E-state index contributed by atoms with van der Waals surface area (Å²) in [6, 6.07) is 6.81. The van der Waals surface area contributed by atoms with Gasteiger partial charge in [0.05, 0.1) is 5.56 Å². The zero-order valence-electron chi connectivity index (χ0n) is 10.7. The van der Waals surface area contributed by atoms with Gasteiger partial charge < -0.3 is 5.32 Å². The average molecular weight is 324 g/mol. The summed E-state index contributed by atoms with van der Waals surface area (Å²) in [5.74, 6) is -0.967. The third kappa shape index (κ3) is 4.28. The maximum atomic E-state index is 13.4. The van der Waals surface area contributed by atoms with E-state index >= 15 is 0 Å². The van der Waals surface area contributed by atoms with E-state index in [1.165, 1.54) is 11.3 Å². The summed E-state index contributed by atoms with van der Waals surface area (Å²) in [7, 11) is 0. The second-order valence-electron chi connectivity index (χ2n) is 4.00. The fourth-order valence-electron chi connectivity index (χ4n) is 1.52. The molecule has 7 heteroatoms. The highest BCUT2D eigenvalue weighted by atomic mass is 32.2. The smallest absolute Gasteiger partial charge is 0.225 e. The van der Waals surface area contributed by atoms with Crippen LogP contribution < -0.4 is 5.32 Å². The molecule has 2 aromatic rings. The van der Waals surface area contributed by atoms with Crippen molar-refractivity contribution in [2.24, 2.45) is 0 Å². The van der Waals surface area contributed by atoms with E-state index in [0.29, 0.717) is 16.3 Å². The number of carbonyl (C=O) groups excluding carboxylic acids is 1. The highest BCUT2D eigenvalue weighted by Gasteiger charge is 2.09. The summed E-state index contributed by atoms with van der Waals surface area (Å²) in [6.07, 6.45) is 0.142. The topological polar surface area (TPSA) is 52.9 Å². The van der Waals surface area contributed by atoms with Gasteiger partial charge in [-0.2, -0.15) is 5.26 Å². The molecule has 0 bridgehead atoms. The second-order valence-corrected chi connectivity index (χ2v) is 6.05. The van der Waals surface area contributed by atoms with Gasteiger partial charge in [0.1, 0.15) is 22.7 Å². The van der Waals surface area contributed by atoms with E-state index in [1.54, 1.807) is 11.4 Å². The van der Waals surface area contributed by atoms with Crippen LogP contribution in [0.25, 0.3) is 0 Å². The van der Waals surface area contributed by atoms with Crippen molar-refractivity contribution < 1.29 is 13.6 Å². The number of anilines is 1. The molecule has 1 heterocycles. The number of hydrogen-bond acceptors (Lipinski definition) is 4. The number of nitriles is 1. The van der Waals surface area contributed by atoms with E-state index in [2.05, 4.69) is 5.32 Å². The standard InChI is InChI=1S/C14H10F2N2OS2/c15-10-1-2-11(16)12(7-10)20-6-4-13(19)18-14-9(8-17)3-5-21-14/h1-3,5,7H,4,6H2,(H,18,19). The van der Waals surface area contributed by atoms with Crippen molar-refractivity contribution in [2.45, 2.75) is 11.3 Å². The molecule has 2 rings (SSSR count). The number of hydrogen-bond donors (Lipinski definition) is 1. The van der Waals surface area contributed by atoms with Crippen molar-refractivity contribution in [1.29, 1.82) is 5.26 Å². The Kier molecular flexibility index (Phi) is 5.31. The van der Waals surface area contributed by atoms with Crippen molar-refractivity contribution >= 4 is 34.0 Å². The second kappa shape index (κ2) is 7.20. The molecule has 0 spiro atoms. The molecule has 0 unspecified atom stereocenters. The number of halogens is 2. The lowest BCUT2D eigenvalue weighted by Crippen LogP contribution is -2.11. The monoisotopic (exact) mass is 324 g/mol. The molecule has 0 saturated heterocycles. The van der Waals surface area contributed by atoms with Crippen molar-refractivity contribution in [2.75, 3.05) is 11.1 Å². The normalized spacial score (nSPS) is 10.1. The first kappa shape index (κ1) is 15.5. The minimum Gasteiger partial charge on any atom is -0.317 e. The number of carbonyl (C=O) groups is 1. The highest BCUT2D eigenvalue weighted by Crippen LogP contribution is 2.25. The van der Waals surface area contributed by atoms with E-state index in [9.17, 15) is 13.6 Å². The first-order valence-electron chi connectivity index (χ1n) is 5.95. The average Bonchev–Trinajstić information content (AvgIpc) is 2.89. The van der Waals surface area contributed by atoms with Crippen LogP contribution in [0.4, 0.5) is 13.8 Å². The van der Waals surface area contributed by atoms with E-state index in [-0.39, 0.29) is 17.2 Å². The lowest BCUT2D eigenvalue weighted by molar-refractivity contribution is -0.115. The molecule has 0 fully saturated rings. The molecule has 21 heavy (non-hydrogen) atoms. The van der Waals surface area contributed by atoms with Gasteiger partial charge in [-0.15, -0.1) is 23.1 Å². The fraction of sp³-hybridized carbons (Fsp3) is 0.143. The van der Waals surface area contributed by atoms with Gasteiger partial charge in [0.15, 0.2) is 0 Å². The Morgan fingerprint density at radius 2 is 2.19 bits per heavy atom. The molecule has 3 nitrogen and oxygen atoms in total. The van der Waals surface area contributed by atoms with Gasteiger partial charge in [0.2, 0.25) is 5.91 Å². The van der Waals surface area contributed by atoms with Gasteiger partial charge in [-0.05, 0) is 29.6 Å². The van der Waals surface area contributed by atoms with E-state index in [1.807, 2.05) is 6.07 Å². The number of rotatable bonds is 5. The molecular formula is C14H10F2N2OS2. The van der Waals surface area contributed by atoms with Gasteiger partial charge in [-0.25, -0.2) is 8.78 Å². The van der Waals surface area contributed by atoms with Gasteiger partial charge in [0, 0.05) is 17.1 Å². The number of nitrogens with one attached hydrogen (secondary N) is 1. The largest absolute Gasteiger partial charge is 0.317 e. The molecule has 1 amide bonds. The lowest BCUT2D eigenvalue weighted by Gasteiger charge is -2.04. The Morgan fingerprint density at radius 1 is 1.38 bits per heavy atom. The lowest BCUT2D eigenvalue weighted by atomic mass is 10.3. The third-order valence-electron chi connectivity index (χ3n) is 2.52. The summed E-state index contributed by atoms with van der Waals surface area (Å²) in [6.45, 7) is 0. The van der Waals surface area contributed by atoms with Crippen LogP contribution in [-0.4, -0.2) is 11.7 Å². The van der Waals surface area contributed by atoms with Crippen LogP contribution >= 0.6 is 23.1 Å². The van der Waals surface area contributed by atoms with Crippen LogP contribution in [0.2, 0.25) is 0 Å². The third-order valence-corrected chi connectivity index (χ3v) is 4.38. The molecule has 0 aliphatic rings. The molecule has 1 N–H and O–H groups in total. The summed E-state index contributed by atoms with van der Waals surface area (Å²) < 4.78 is 26.4. The number of nitrogens with zero attached hydrogens (tertiary/aromatic N) is 1. The first-order chi connectivity index (χ1) is 10.1. The maximum absolute atomic E-state index is 13.4. The molecule has 1 aromatic carbocycles. The van der Waals surface area contributed by atoms with E-state index in [0.717, 1.165) is 30.0 Å². The summed E-state index contributed by atoms with van der Waals surface area (Å²) in [5.41, 5.74) is 0.414. The minimum atomic E-state index is -0.513. The Morgan fingerprint density at radius 3 is 2.95 bits per heavy atom. The van der Waals surface area contributed by atoms with Crippen molar-refractivity contribution in [3.05, 3.63) is 46.8 Å². The summed E-state index contributed by atoms with van der Waals surface area (Å²) in [4.78, 5) is 11.9.